The summed E-state index contributed by atoms with van der Waals surface area (Å²) in [7, 11) is 1.79. The fourth-order valence-electron chi connectivity index (χ4n) is 2.29. The van der Waals surface area contributed by atoms with Crippen molar-refractivity contribution in [3.8, 4) is 0 Å². The molecule has 7 nitrogen and oxygen atoms in total. The van der Waals surface area contributed by atoms with Crippen molar-refractivity contribution in [2.24, 2.45) is 12.8 Å². The van der Waals surface area contributed by atoms with E-state index in [1.807, 2.05) is 0 Å². The van der Waals surface area contributed by atoms with Gasteiger partial charge in [0.1, 0.15) is 17.7 Å². The minimum absolute atomic E-state index is 0.201. The molecule has 2 rings (SSSR count). The molecule has 0 spiro atoms. The summed E-state index contributed by atoms with van der Waals surface area (Å²) in [5.41, 5.74) is 5.63. The molecular weight excluding hydrogens is 313 g/mol. The summed E-state index contributed by atoms with van der Waals surface area (Å²) in [6, 6.07) is 4.95. The molecule has 1 aromatic heterocycles. The van der Waals surface area contributed by atoms with Crippen LogP contribution in [0.5, 0.6) is 0 Å². The Labute approximate surface area is 139 Å². The van der Waals surface area contributed by atoms with Gasteiger partial charge in [0.2, 0.25) is 5.91 Å². The van der Waals surface area contributed by atoms with Gasteiger partial charge in [-0.25, -0.2) is 14.2 Å². The normalized spacial score (nSPS) is 11.8. The van der Waals surface area contributed by atoms with Crippen molar-refractivity contribution in [1.82, 2.24) is 20.2 Å². The number of nitrogens with one attached hydrogen (secondary N) is 2. The molecular formula is C16H20FN5O2. The highest BCUT2D eigenvalue weighted by Gasteiger charge is 2.21. The zero-order valence-corrected chi connectivity index (χ0v) is 13.3. The van der Waals surface area contributed by atoms with Gasteiger partial charge in [-0.15, -0.1) is 0 Å². The lowest BCUT2D eigenvalue weighted by molar-refractivity contribution is -0.118. The van der Waals surface area contributed by atoms with Crippen molar-refractivity contribution in [1.29, 1.82) is 0 Å². The minimum atomic E-state index is -0.600. The van der Waals surface area contributed by atoms with E-state index in [1.165, 1.54) is 12.1 Å². The van der Waals surface area contributed by atoms with Crippen LogP contribution >= 0.6 is 0 Å². The quantitative estimate of drug-likeness (QED) is 0.664. The fourth-order valence-corrected chi connectivity index (χ4v) is 2.29. The molecule has 0 saturated carbocycles. The fraction of sp³-hybridized carbons (Fsp3) is 0.312. The molecule has 8 heteroatoms. The third-order valence-electron chi connectivity index (χ3n) is 3.46. The van der Waals surface area contributed by atoms with Gasteiger partial charge >= 0.3 is 6.03 Å². The van der Waals surface area contributed by atoms with Crippen LogP contribution in [0.15, 0.2) is 36.7 Å². The predicted molar refractivity (Wildman–Crippen MR) is 86.4 cm³/mol. The molecule has 0 bridgehead atoms. The van der Waals surface area contributed by atoms with Crippen LogP contribution in [0.2, 0.25) is 0 Å². The monoisotopic (exact) mass is 333 g/mol. The Hall–Kier alpha value is -2.90. The van der Waals surface area contributed by atoms with Crippen LogP contribution in [0.3, 0.4) is 0 Å². The van der Waals surface area contributed by atoms with Gasteiger partial charge in [0.05, 0.1) is 0 Å². The molecule has 0 aliphatic heterocycles. The molecule has 1 atom stereocenters. The number of rotatable bonds is 7. The summed E-state index contributed by atoms with van der Waals surface area (Å²) in [6.45, 7) is 0.311. The Bertz CT molecular complexity index is 716. The average molecular weight is 333 g/mol. The van der Waals surface area contributed by atoms with E-state index in [0.29, 0.717) is 24.4 Å². The van der Waals surface area contributed by atoms with E-state index < -0.39 is 23.8 Å². The van der Waals surface area contributed by atoms with E-state index >= 15 is 0 Å². The highest BCUT2D eigenvalue weighted by atomic mass is 19.1. The summed E-state index contributed by atoms with van der Waals surface area (Å²) in [5.74, 6) is -0.230. The van der Waals surface area contributed by atoms with Crippen LogP contribution in [0.4, 0.5) is 9.18 Å². The van der Waals surface area contributed by atoms with Crippen LogP contribution < -0.4 is 16.4 Å². The van der Waals surface area contributed by atoms with E-state index in [4.69, 9.17) is 5.73 Å². The second-order valence-corrected chi connectivity index (χ2v) is 5.35. The van der Waals surface area contributed by atoms with Gasteiger partial charge < -0.3 is 20.9 Å². The smallest absolute Gasteiger partial charge is 0.315 e. The first-order valence-corrected chi connectivity index (χ1v) is 7.52. The molecule has 1 heterocycles. The standard InChI is InChI=1S/C16H20FN5O2/c1-22-9-8-19-15(22)14(11-4-2-5-12(17)10-11)21-16(24)20-7-3-6-13(18)23/h2,4-5,8-10,14H,3,6-7H2,1H3,(H2,18,23)(H2,20,21,24)/t14-/m1/s1. The van der Waals surface area contributed by atoms with Crippen LogP contribution in [0.1, 0.15) is 30.3 Å². The number of hydrogen-bond acceptors (Lipinski definition) is 3. The second kappa shape index (κ2) is 8.09. The molecule has 0 aliphatic rings. The van der Waals surface area contributed by atoms with Gasteiger partial charge in [-0.05, 0) is 24.1 Å². The predicted octanol–water partition coefficient (Wildman–Crippen LogP) is 1.21. The van der Waals surface area contributed by atoms with Gasteiger partial charge in [0, 0.05) is 32.4 Å². The first-order chi connectivity index (χ1) is 11.5. The molecule has 4 N–H and O–H groups in total. The number of carbonyl (C=O) groups excluding carboxylic acids is 2. The lowest BCUT2D eigenvalue weighted by Gasteiger charge is -2.19. The molecule has 0 unspecified atom stereocenters. The number of primary amides is 1. The number of aryl methyl sites for hydroxylation is 1. The number of halogens is 1. The molecule has 24 heavy (non-hydrogen) atoms. The van der Waals surface area contributed by atoms with Crippen LogP contribution in [0, 0.1) is 5.82 Å². The third kappa shape index (κ3) is 4.80. The van der Waals surface area contributed by atoms with Gasteiger partial charge in [0.25, 0.3) is 0 Å². The van der Waals surface area contributed by atoms with Crippen molar-refractivity contribution >= 4 is 11.9 Å². The van der Waals surface area contributed by atoms with Gasteiger partial charge in [-0.2, -0.15) is 0 Å². The number of amides is 3. The van der Waals surface area contributed by atoms with Gasteiger partial charge in [-0.3, -0.25) is 4.79 Å². The van der Waals surface area contributed by atoms with Crippen LogP contribution in [0.25, 0.3) is 0 Å². The van der Waals surface area contributed by atoms with Crippen LogP contribution in [-0.4, -0.2) is 28.0 Å². The summed E-state index contributed by atoms with van der Waals surface area (Å²) < 4.78 is 15.3. The van der Waals surface area contributed by atoms with E-state index in [0.717, 1.165) is 0 Å². The molecule has 3 amide bonds. The molecule has 0 saturated heterocycles. The number of hydrogen-bond donors (Lipinski definition) is 3. The zero-order chi connectivity index (χ0) is 17.5. The van der Waals surface area contributed by atoms with E-state index in [1.54, 1.807) is 36.1 Å². The van der Waals surface area contributed by atoms with Gasteiger partial charge in [0.15, 0.2) is 0 Å². The van der Waals surface area contributed by atoms with E-state index in [9.17, 15) is 14.0 Å². The van der Waals surface area contributed by atoms with Crippen molar-refractivity contribution in [2.75, 3.05) is 6.54 Å². The number of carbonyl (C=O) groups is 2. The van der Waals surface area contributed by atoms with E-state index in [2.05, 4.69) is 15.6 Å². The van der Waals surface area contributed by atoms with Crippen LogP contribution in [-0.2, 0) is 11.8 Å². The summed E-state index contributed by atoms with van der Waals surface area (Å²) in [5, 5.41) is 5.42. The Morgan fingerprint density at radius 2 is 2.21 bits per heavy atom. The maximum absolute atomic E-state index is 13.5. The van der Waals surface area contributed by atoms with E-state index in [-0.39, 0.29) is 6.42 Å². The first-order valence-electron chi connectivity index (χ1n) is 7.52. The molecule has 2 aromatic rings. The Kier molecular flexibility index (Phi) is 5.89. The highest BCUT2D eigenvalue weighted by molar-refractivity contribution is 5.75. The van der Waals surface area contributed by atoms with Gasteiger partial charge in [-0.1, -0.05) is 12.1 Å². The minimum Gasteiger partial charge on any atom is -0.370 e. The number of nitrogens with two attached hydrogens (primary N) is 1. The molecule has 1 aromatic carbocycles. The number of aromatic nitrogens is 2. The number of benzene rings is 1. The summed E-state index contributed by atoms with van der Waals surface area (Å²) in [4.78, 5) is 27.0. The van der Waals surface area contributed by atoms with Crippen molar-refractivity contribution < 1.29 is 14.0 Å². The highest BCUT2D eigenvalue weighted by Crippen LogP contribution is 2.21. The Morgan fingerprint density at radius 3 is 2.83 bits per heavy atom. The third-order valence-corrected chi connectivity index (χ3v) is 3.46. The number of urea groups is 1. The largest absolute Gasteiger partial charge is 0.370 e. The maximum atomic E-state index is 13.5. The average Bonchev–Trinajstić information content (AvgIpc) is 2.95. The van der Waals surface area contributed by atoms with Crippen molar-refractivity contribution in [3.05, 3.63) is 53.9 Å². The first kappa shape index (κ1) is 17.5. The van der Waals surface area contributed by atoms with Crippen molar-refractivity contribution in [2.45, 2.75) is 18.9 Å². The number of imidazole rings is 1. The molecule has 0 radical (unpaired) electrons. The van der Waals surface area contributed by atoms with Crippen molar-refractivity contribution in [3.63, 3.8) is 0 Å². The Morgan fingerprint density at radius 1 is 1.42 bits per heavy atom. The lowest BCUT2D eigenvalue weighted by Crippen LogP contribution is -2.39. The Balaban J connectivity index is 2.08. The maximum Gasteiger partial charge on any atom is 0.315 e. The SMILES string of the molecule is Cn1ccnc1[C@H](NC(=O)NCCCC(N)=O)c1cccc(F)c1. The summed E-state index contributed by atoms with van der Waals surface area (Å²) in [6.07, 6.45) is 4.00. The molecule has 0 fully saturated rings. The topological polar surface area (TPSA) is 102 Å². The lowest BCUT2D eigenvalue weighted by atomic mass is 10.1. The number of nitrogens with zero attached hydrogens (tertiary/aromatic N) is 2. The second-order valence-electron chi connectivity index (χ2n) is 5.35. The molecule has 0 aliphatic carbocycles. The molecule has 128 valence electrons. The summed E-state index contributed by atoms with van der Waals surface area (Å²) >= 11 is 0. The zero-order valence-electron chi connectivity index (χ0n) is 13.3.